The van der Waals surface area contributed by atoms with Gasteiger partial charge in [0, 0.05) is 50.7 Å². The van der Waals surface area contributed by atoms with Gasteiger partial charge in [-0.2, -0.15) is 0 Å². The van der Waals surface area contributed by atoms with Gasteiger partial charge in [-0.15, -0.1) is 0 Å². The first-order valence-corrected chi connectivity index (χ1v) is 17.2. The van der Waals surface area contributed by atoms with Crippen LogP contribution in [-0.2, 0) is 29.2 Å². The number of amides is 2. The van der Waals surface area contributed by atoms with Gasteiger partial charge in [-0.1, -0.05) is 54.1 Å². The van der Waals surface area contributed by atoms with Crippen molar-refractivity contribution in [2.75, 3.05) is 57.9 Å². The zero-order valence-corrected chi connectivity index (χ0v) is 28.1. The zero-order valence-electron chi connectivity index (χ0n) is 28.1. The van der Waals surface area contributed by atoms with Crippen LogP contribution < -0.4 is 10.6 Å². The molecule has 0 aliphatic carbocycles. The van der Waals surface area contributed by atoms with Gasteiger partial charge in [0.25, 0.3) is 0 Å². The van der Waals surface area contributed by atoms with E-state index in [0.29, 0.717) is 32.8 Å². The second kappa shape index (κ2) is 15.1. The van der Waals surface area contributed by atoms with E-state index in [2.05, 4.69) is 49.3 Å². The monoisotopic (exact) mass is 663 g/mol. The number of urea groups is 1. The molecule has 1 aromatic heterocycles. The van der Waals surface area contributed by atoms with Gasteiger partial charge in [0.1, 0.15) is 5.75 Å². The van der Waals surface area contributed by atoms with Crippen molar-refractivity contribution >= 4 is 23.0 Å². The van der Waals surface area contributed by atoms with Gasteiger partial charge in [0.15, 0.2) is 0 Å². The predicted molar refractivity (Wildman–Crippen MR) is 190 cm³/mol. The maximum absolute atomic E-state index is 12.9. The lowest BCUT2D eigenvalue weighted by Crippen LogP contribution is -2.37. The van der Waals surface area contributed by atoms with Crippen molar-refractivity contribution in [2.45, 2.75) is 39.1 Å². The van der Waals surface area contributed by atoms with Gasteiger partial charge in [-0.3, -0.25) is 4.90 Å². The van der Waals surface area contributed by atoms with Crippen molar-refractivity contribution in [3.63, 3.8) is 0 Å². The number of carbonyl (C=O) groups excluding carboxylic acids is 1. The quantitative estimate of drug-likeness (QED) is 0.162. The first kappa shape index (κ1) is 32.7. The van der Waals surface area contributed by atoms with E-state index in [1.807, 2.05) is 66.7 Å². The number of carbonyl (C=O) groups is 1. The molecule has 4 aromatic rings. The highest BCUT2D eigenvalue weighted by Crippen LogP contribution is 2.28. The summed E-state index contributed by atoms with van der Waals surface area (Å²) in [5, 5.41) is 17.3. The molecule has 2 fully saturated rings. The van der Waals surface area contributed by atoms with Crippen LogP contribution in [-0.4, -0.2) is 94.0 Å². The number of nitrogens with zero attached hydrogens (tertiary/aromatic N) is 5. The number of phenolic OH excluding ortho intramolecular Hbond substituents is 1. The summed E-state index contributed by atoms with van der Waals surface area (Å²) in [7, 11) is 0. The third-order valence-electron chi connectivity index (χ3n) is 9.30. The molecular weight excluding hydrogens is 618 g/mol. The van der Waals surface area contributed by atoms with Crippen molar-refractivity contribution in [2.24, 2.45) is 0 Å². The Balaban J connectivity index is 1.03. The molecule has 11 nitrogen and oxygen atoms in total. The highest BCUT2D eigenvalue weighted by atomic mass is 16.5. The molecule has 3 aliphatic heterocycles. The van der Waals surface area contributed by atoms with E-state index >= 15 is 0 Å². The van der Waals surface area contributed by atoms with Crippen molar-refractivity contribution in [1.82, 2.24) is 29.6 Å². The summed E-state index contributed by atoms with van der Waals surface area (Å²) in [6.45, 7) is 10.0. The number of aryl methyl sites for hydroxylation is 1. The number of rotatable bonds is 14. The first-order valence-electron chi connectivity index (χ1n) is 17.2. The Hall–Kier alpha value is -4.84. The topological polar surface area (TPSA) is 107 Å². The molecule has 3 aliphatic rings. The second-order valence-corrected chi connectivity index (χ2v) is 12.9. The molecule has 4 heterocycles. The number of fused-ring (bicyclic) bond motifs is 2. The minimum Gasteiger partial charge on any atom is -0.508 e. The number of imidazole rings is 1. The zero-order chi connectivity index (χ0) is 33.6. The van der Waals surface area contributed by atoms with Crippen LogP contribution in [0.1, 0.15) is 28.7 Å². The lowest BCUT2D eigenvalue weighted by atomic mass is 10.1. The predicted octanol–water partition coefficient (Wildman–Crippen LogP) is 5.01. The molecule has 49 heavy (non-hydrogen) atoms. The maximum atomic E-state index is 12.9. The SMILES string of the molecule is Cc1ccc(O)c(Cn2c(NCCCN3CCOCC3)nc3ccc(CN4C=CC5C(=C4)NC(=O)N5CCOCc4ccccc4)cc32)c1. The van der Waals surface area contributed by atoms with E-state index in [4.69, 9.17) is 14.5 Å². The average Bonchev–Trinajstić information content (AvgIpc) is 3.62. The lowest BCUT2D eigenvalue weighted by Gasteiger charge is -2.26. The number of nitrogens with one attached hydrogen (secondary N) is 2. The fourth-order valence-electron chi connectivity index (χ4n) is 6.67. The van der Waals surface area contributed by atoms with E-state index < -0.39 is 0 Å². The highest BCUT2D eigenvalue weighted by Gasteiger charge is 2.35. The second-order valence-electron chi connectivity index (χ2n) is 12.9. The Morgan fingerprint density at radius 1 is 1.02 bits per heavy atom. The molecule has 2 amide bonds. The highest BCUT2D eigenvalue weighted by molar-refractivity contribution is 5.81. The van der Waals surface area contributed by atoms with Crippen molar-refractivity contribution in [3.8, 4) is 5.75 Å². The number of hydrogen-bond acceptors (Lipinski definition) is 8. The van der Waals surface area contributed by atoms with E-state index in [0.717, 1.165) is 90.7 Å². The van der Waals surface area contributed by atoms with Gasteiger partial charge in [-0.05, 0) is 55.3 Å². The Kier molecular flexibility index (Phi) is 10.1. The number of phenols is 1. The summed E-state index contributed by atoms with van der Waals surface area (Å²) in [6.07, 6.45) is 7.11. The largest absolute Gasteiger partial charge is 0.508 e. The number of hydrogen-bond donors (Lipinski definition) is 3. The van der Waals surface area contributed by atoms with E-state index in [1.54, 1.807) is 6.07 Å². The Morgan fingerprint density at radius 3 is 2.73 bits per heavy atom. The van der Waals surface area contributed by atoms with Crippen LogP contribution in [0.3, 0.4) is 0 Å². The summed E-state index contributed by atoms with van der Waals surface area (Å²) in [5.74, 6) is 1.07. The van der Waals surface area contributed by atoms with Gasteiger partial charge in [-0.25, -0.2) is 9.78 Å². The smallest absolute Gasteiger partial charge is 0.322 e. The number of aromatic nitrogens is 2. The fourth-order valence-corrected chi connectivity index (χ4v) is 6.67. The fraction of sp³-hybridized carbons (Fsp3) is 0.368. The molecule has 7 rings (SSSR count). The molecule has 1 atom stereocenters. The minimum absolute atomic E-state index is 0.110. The van der Waals surface area contributed by atoms with Gasteiger partial charge in [0.2, 0.25) is 5.95 Å². The van der Waals surface area contributed by atoms with Crippen LogP contribution in [0.4, 0.5) is 10.7 Å². The molecule has 256 valence electrons. The molecule has 11 heteroatoms. The molecule has 0 bridgehead atoms. The van der Waals surface area contributed by atoms with Gasteiger partial charge >= 0.3 is 6.03 Å². The Bertz CT molecular complexity index is 1820. The number of morpholine rings is 1. The summed E-state index contributed by atoms with van der Waals surface area (Å²) >= 11 is 0. The van der Waals surface area contributed by atoms with E-state index in [-0.39, 0.29) is 17.8 Å². The Morgan fingerprint density at radius 2 is 1.88 bits per heavy atom. The molecular formula is C38H45N7O4. The minimum atomic E-state index is -0.133. The average molecular weight is 664 g/mol. The van der Waals surface area contributed by atoms with Crippen molar-refractivity contribution in [1.29, 1.82) is 0 Å². The summed E-state index contributed by atoms with van der Waals surface area (Å²) in [6, 6.07) is 21.9. The lowest BCUT2D eigenvalue weighted by molar-refractivity contribution is 0.0378. The third-order valence-corrected chi connectivity index (χ3v) is 9.30. The number of ether oxygens (including phenoxy) is 2. The molecule has 0 saturated carbocycles. The Labute approximate surface area is 287 Å². The van der Waals surface area contributed by atoms with E-state index in [1.165, 1.54) is 0 Å². The number of aromatic hydroxyl groups is 1. The van der Waals surface area contributed by atoms with Crippen LogP contribution in [0.2, 0.25) is 0 Å². The van der Waals surface area contributed by atoms with E-state index in [9.17, 15) is 9.90 Å². The summed E-state index contributed by atoms with van der Waals surface area (Å²) < 4.78 is 13.5. The molecule has 3 N–H and O–H groups in total. The first-order chi connectivity index (χ1) is 24.0. The molecule has 3 aromatic carbocycles. The van der Waals surface area contributed by atoms with Crippen molar-refractivity contribution < 1.29 is 19.4 Å². The molecule has 1 unspecified atom stereocenters. The third kappa shape index (κ3) is 7.91. The van der Waals surface area contributed by atoms with Gasteiger partial charge < -0.3 is 39.6 Å². The van der Waals surface area contributed by atoms with Gasteiger partial charge in [0.05, 0.1) is 55.7 Å². The molecule has 0 spiro atoms. The van der Waals surface area contributed by atoms with Crippen LogP contribution in [0.5, 0.6) is 5.75 Å². The summed E-state index contributed by atoms with van der Waals surface area (Å²) in [5.41, 5.74) is 6.92. The van der Waals surface area contributed by atoms with Crippen LogP contribution in [0.25, 0.3) is 11.0 Å². The molecule has 2 saturated heterocycles. The number of anilines is 1. The number of benzene rings is 3. The molecule has 0 radical (unpaired) electrons. The maximum Gasteiger partial charge on any atom is 0.322 e. The van der Waals surface area contributed by atoms with Crippen LogP contribution in [0.15, 0.2) is 90.9 Å². The van der Waals surface area contributed by atoms with Crippen LogP contribution in [0, 0.1) is 6.92 Å². The van der Waals surface area contributed by atoms with Crippen molar-refractivity contribution in [3.05, 3.63) is 113 Å². The van der Waals surface area contributed by atoms with Crippen LogP contribution >= 0.6 is 0 Å². The normalized spacial score (nSPS) is 17.8. The standard InChI is InChI=1S/C38H45N7O4/c1-28-8-11-36(46)31(22-28)25-45-35-23-30(9-10-32(35)40-37(45)39-13-5-14-42-16-19-48-20-17-42)24-43-15-12-34-33(26-43)41-38(47)44(34)18-21-49-27-29-6-3-2-4-7-29/h2-4,6-12,15,22-23,26,34,46H,5,13-14,16-21,24-25,27H2,1H3,(H,39,40)(H,41,47). The summed E-state index contributed by atoms with van der Waals surface area (Å²) in [4.78, 5) is 24.2.